The molecule has 0 unspecified atom stereocenters. The number of rotatable bonds is 4. The molecule has 0 atom stereocenters. The zero-order valence-electron chi connectivity index (χ0n) is 10.1. The van der Waals surface area contributed by atoms with E-state index in [2.05, 4.69) is 26.1 Å². The van der Waals surface area contributed by atoms with Crippen LogP contribution < -0.4 is 16.0 Å². The van der Waals surface area contributed by atoms with Gasteiger partial charge < -0.3 is 5.43 Å². The van der Waals surface area contributed by atoms with Crippen LogP contribution >= 0.6 is 27.5 Å². The monoisotopic (exact) mass is 375 g/mol. The lowest BCUT2D eigenvalue weighted by Crippen LogP contribution is -2.17. The molecule has 2 aromatic rings. The lowest BCUT2D eigenvalue weighted by Gasteiger charge is -2.12. The van der Waals surface area contributed by atoms with Gasteiger partial charge in [-0.2, -0.15) is 0 Å². The summed E-state index contributed by atoms with van der Waals surface area (Å²) in [5.74, 6) is 5.32. The number of sulfonamides is 1. The molecule has 2 aromatic carbocycles. The Kier molecular flexibility index (Phi) is 4.54. The van der Waals surface area contributed by atoms with Crippen molar-refractivity contribution >= 4 is 48.9 Å². The van der Waals surface area contributed by atoms with Crippen molar-refractivity contribution in [2.45, 2.75) is 4.90 Å². The topological polar surface area (TPSA) is 84.2 Å². The number of hydrogen-bond donors (Lipinski definition) is 3. The first-order valence-corrected chi connectivity index (χ1v) is 8.13. The number of para-hydroxylation sites is 1. The predicted molar refractivity (Wildman–Crippen MR) is 84.2 cm³/mol. The largest absolute Gasteiger partial charge is 0.323 e. The highest BCUT2D eigenvalue weighted by Gasteiger charge is 2.19. The molecule has 8 heteroatoms. The van der Waals surface area contributed by atoms with Crippen LogP contribution in [0.3, 0.4) is 0 Å². The highest BCUT2D eigenvalue weighted by molar-refractivity contribution is 9.10. The van der Waals surface area contributed by atoms with Crippen molar-refractivity contribution in [1.82, 2.24) is 0 Å². The van der Waals surface area contributed by atoms with Crippen LogP contribution in [0.15, 0.2) is 51.8 Å². The Morgan fingerprint density at radius 1 is 1.10 bits per heavy atom. The van der Waals surface area contributed by atoms with E-state index in [0.717, 1.165) is 0 Å². The number of hydrogen-bond acceptors (Lipinski definition) is 4. The molecular formula is C12H11BrClN3O2S. The second-order valence-corrected chi connectivity index (χ2v) is 6.81. The highest BCUT2D eigenvalue weighted by atomic mass is 79.9. The molecule has 20 heavy (non-hydrogen) atoms. The Bertz CT molecular complexity index is 737. The second-order valence-electron chi connectivity index (χ2n) is 3.87. The minimum atomic E-state index is -3.76. The molecule has 0 saturated carbocycles. The van der Waals surface area contributed by atoms with E-state index in [9.17, 15) is 8.42 Å². The van der Waals surface area contributed by atoms with Gasteiger partial charge in [-0.15, -0.1) is 0 Å². The molecule has 5 nitrogen and oxygen atoms in total. The predicted octanol–water partition coefficient (Wildman–Crippen LogP) is 3.19. The third kappa shape index (κ3) is 3.24. The quantitative estimate of drug-likeness (QED) is 0.565. The third-order valence-electron chi connectivity index (χ3n) is 2.51. The molecule has 4 N–H and O–H groups in total. The first kappa shape index (κ1) is 15.1. The molecule has 0 amide bonds. The van der Waals surface area contributed by atoms with E-state index in [0.29, 0.717) is 20.9 Å². The molecule has 106 valence electrons. The van der Waals surface area contributed by atoms with Gasteiger partial charge in [-0.05, 0) is 46.3 Å². The molecule has 0 aliphatic heterocycles. The molecule has 0 fully saturated rings. The van der Waals surface area contributed by atoms with E-state index < -0.39 is 10.0 Å². The summed E-state index contributed by atoms with van der Waals surface area (Å²) >= 11 is 9.08. The maximum absolute atomic E-state index is 12.4. The number of anilines is 2. The second kappa shape index (κ2) is 6.01. The van der Waals surface area contributed by atoms with Crippen LogP contribution in [0.1, 0.15) is 0 Å². The number of hydrazine groups is 1. The SMILES string of the molecule is NNc1ccccc1S(=O)(=O)Nc1ccc(Cl)cc1Br. The Hall–Kier alpha value is -1.28. The van der Waals surface area contributed by atoms with Crippen LogP contribution in [0.2, 0.25) is 5.02 Å². The molecule has 0 bridgehead atoms. The normalized spacial score (nSPS) is 11.2. The van der Waals surface area contributed by atoms with Crippen molar-refractivity contribution in [3.05, 3.63) is 52.0 Å². The van der Waals surface area contributed by atoms with Crippen LogP contribution in [0.5, 0.6) is 0 Å². The summed E-state index contributed by atoms with van der Waals surface area (Å²) in [7, 11) is -3.76. The summed E-state index contributed by atoms with van der Waals surface area (Å²) < 4.78 is 27.7. The fourth-order valence-electron chi connectivity index (χ4n) is 1.59. The fraction of sp³-hybridized carbons (Fsp3) is 0. The summed E-state index contributed by atoms with van der Waals surface area (Å²) in [6.45, 7) is 0. The number of nitrogen functional groups attached to an aromatic ring is 1. The highest BCUT2D eigenvalue weighted by Crippen LogP contribution is 2.29. The van der Waals surface area contributed by atoms with Gasteiger partial charge in [0.05, 0.1) is 11.4 Å². The van der Waals surface area contributed by atoms with Gasteiger partial charge in [-0.3, -0.25) is 10.6 Å². The summed E-state index contributed by atoms with van der Waals surface area (Å²) in [5, 5.41) is 0.504. The van der Waals surface area contributed by atoms with E-state index in [1.807, 2.05) is 0 Å². The summed E-state index contributed by atoms with van der Waals surface area (Å²) in [5.41, 5.74) is 3.06. The molecule has 0 spiro atoms. The Morgan fingerprint density at radius 2 is 1.80 bits per heavy atom. The van der Waals surface area contributed by atoms with Gasteiger partial charge >= 0.3 is 0 Å². The van der Waals surface area contributed by atoms with Crippen LogP contribution in [-0.4, -0.2) is 8.42 Å². The van der Waals surface area contributed by atoms with Gasteiger partial charge in [0, 0.05) is 9.50 Å². The van der Waals surface area contributed by atoms with E-state index >= 15 is 0 Å². The minimum absolute atomic E-state index is 0.0596. The average Bonchev–Trinajstić information content (AvgIpc) is 2.42. The van der Waals surface area contributed by atoms with Gasteiger partial charge in [0.1, 0.15) is 4.90 Å². The Labute approximate surface area is 130 Å². The number of halogens is 2. The van der Waals surface area contributed by atoms with Gasteiger partial charge in [0.2, 0.25) is 0 Å². The van der Waals surface area contributed by atoms with Crippen molar-refractivity contribution in [2.24, 2.45) is 5.84 Å². The van der Waals surface area contributed by atoms with Crippen molar-refractivity contribution in [3.63, 3.8) is 0 Å². The number of nitrogens with two attached hydrogens (primary N) is 1. The molecule has 0 saturated heterocycles. The van der Waals surface area contributed by atoms with E-state index in [1.54, 1.807) is 36.4 Å². The van der Waals surface area contributed by atoms with Gasteiger partial charge in [-0.1, -0.05) is 23.7 Å². The molecule has 0 aliphatic carbocycles. The molecule has 0 radical (unpaired) electrons. The Balaban J connectivity index is 2.41. The van der Waals surface area contributed by atoms with Crippen molar-refractivity contribution < 1.29 is 8.42 Å². The first-order valence-electron chi connectivity index (χ1n) is 5.47. The zero-order chi connectivity index (χ0) is 14.8. The maximum Gasteiger partial charge on any atom is 0.264 e. The van der Waals surface area contributed by atoms with Gasteiger partial charge in [-0.25, -0.2) is 8.42 Å². The first-order chi connectivity index (χ1) is 9.44. The smallest absolute Gasteiger partial charge is 0.264 e. The van der Waals surface area contributed by atoms with Crippen LogP contribution in [0.25, 0.3) is 0 Å². The van der Waals surface area contributed by atoms with Crippen LogP contribution in [0.4, 0.5) is 11.4 Å². The van der Waals surface area contributed by atoms with Crippen molar-refractivity contribution in [2.75, 3.05) is 10.1 Å². The Morgan fingerprint density at radius 3 is 2.45 bits per heavy atom. The average molecular weight is 377 g/mol. The molecule has 0 heterocycles. The zero-order valence-corrected chi connectivity index (χ0v) is 13.3. The van der Waals surface area contributed by atoms with Crippen molar-refractivity contribution in [1.29, 1.82) is 0 Å². The van der Waals surface area contributed by atoms with Gasteiger partial charge in [0.25, 0.3) is 10.0 Å². The van der Waals surface area contributed by atoms with E-state index in [-0.39, 0.29) is 4.90 Å². The molecule has 0 aromatic heterocycles. The fourth-order valence-corrected chi connectivity index (χ4v) is 3.76. The number of benzene rings is 2. The van der Waals surface area contributed by atoms with Crippen LogP contribution in [0, 0.1) is 0 Å². The van der Waals surface area contributed by atoms with Gasteiger partial charge in [0.15, 0.2) is 0 Å². The summed E-state index contributed by atoms with van der Waals surface area (Å²) in [6, 6.07) is 11.1. The standard InChI is InChI=1S/C12H11BrClN3O2S/c13-9-7-8(14)5-6-10(9)17-20(18,19)12-4-2-1-3-11(12)16-15/h1-7,16-17H,15H2. The maximum atomic E-state index is 12.4. The minimum Gasteiger partial charge on any atom is -0.323 e. The van der Waals surface area contributed by atoms with Crippen molar-refractivity contribution in [3.8, 4) is 0 Å². The third-order valence-corrected chi connectivity index (χ3v) is 4.82. The summed E-state index contributed by atoms with van der Waals surface area (Å²) in [6.07, 6.45) is 0. The molecule has 0 aliphatic rings. The van der Waals surface area contributed by atoms with Crippen LogP contribution in [-0.2, 0) is 10.0 Å². The number of nitrogens with one attached hydrogen (secondary N) is 2. The molecule has 2 rings (SSSR count). The lowest BCUT2D eigenvalue weighted by atomic mass is 10.3. The van der Waals surface area contributed by atoms with E-state index in [4.69, 9.17) is 17.4 Å². The van der Waals surface area contributed by atoms with E-state index in [1.165, 1.54) is 6.07 Å². The summed E-state index contributed by atoms with van der Waals surface area (Å²) in [4.78, 5) is 0.0596. The molecular weight excluding hydrogens is 366 g/mol. The lowest BCUT2D eigenvalue weighted by molar-refractivity contribution is 0.601.